The van der Waals surface area contributed by atoms with Crippen LogP contribution in [-0.2, 0) is 0 Å². The number of amidine groups is 1. The second-order valence-electron chi connectivity index (χ2n) is 11.8. The van der Waals surface area contributed by atoms with Gasteiger partial charge in [0.25, 0.3) is 0 Å². The highest BCUT2D eigenvalue weighted by Crippen LogP contribution is 2.58. The van der Waals surface area contributed by atoms with E-state index in [0.717, 1.165) is 22.7 Å². The van der Waals surface area contributed by atoms with Crippen molar-refractivity contribution in [2.24, 2.45) is 28.2 Å². The maximum Gasteiger partial charge on any atom is 0.127 e. The van der Waals surface area contributed by atoms with Crippen molar-refractivity contribution in [3.8, 4) is 0 Å². The number of rotatable bonds is 3. The molecule has 166 valence electrons. The lowest BCUT2D eigenvalue weighted by Crippen LogP contribution is -2.53. The zero-order valence-electron chi connectivity index (χ0n) is 19.2. The van der Waals surface area contributed by atoms with E-state index in [1.807, 2.05) is 0 Å². The van der Waals surface area contributed by atoms with Crippen LogP contribution < -0.4 is 4.90 Å². The van der Waals surface area contributed by atoms with Gasteiger partial charge < -0.3 is 0 Å². The quantitative estimate of drug-likeness (QED) is 0.536. The highest BCUT2D eigenvalue weighted by Gasteiger charge is 2.56. The molecule has 0 spiro atoms. The summed E-state index contributed by atoms with van der Waals surface area (Å²) in [5, 5.41) is 0. The van der Waals surface area contributed by atoms with Crippen LogP contribution in [0.15, 0.2) is 35.3 Å². The van der Waals surface area contributed by atoms with E-state index in [9.17, 15) is 0 Å². The number of likely N-dealkylation sites (tertiary alicyclic amines) is 1. The number of aliphatic imine (C=N–C) groups is 1. The first-order valence-electron chi connectivity index (χ1n) is 12.7. The number of hydrogen-bond acceptors (Lipinski definition) is 3. The van der Waals surface area contributed by atoms with Crippen molar-refractivity contribution in [2.45, 2.75) is 83.2 Å². The molecule has 1 atom stereocenters. The highest BCUT2D eigenvalue weighted by molar-refractivity contribution is 7.80. The van der Waals surface area contributed by atoms with Gasteiger partial charge in [-0.2, -0.15) is 0 Å². The summed E-state index contributed by atoms with van der Waals surface area (Å²) < 4.78 is 0. The first-order valence-corrected chi connectivity index (χ1v) is 13.1. The van der Waals surface area contributed by atoms with E-state index in [1.165, 1.54) is 82.4 Å². The van der Waals surface area contributed by atoms with Crippen LogP contribution in [0.25, 0.3) is 0 Å². The molecule has 4 aliphatic carbocycles. The van der Waals surface area contributed by atoms with Crippen molar-refractivity contribution in [3.05, 3.63) is 30.3 Å². The normalized spacial score (nSPS) is 40.8. The molecule has 1 unspecified atom stereocenters. The average Bonchev–Trinajstić information content (AvgIpc) is 2.93. The Morgan fingerprint density at radius 3 is 2.03 bits per heavy atom. The Kier molecular flexibility index (Phi) is 4.85. The highest BCUT2D eigenvalue weighted by atomic mass is 32.1. The number of hydrogen-bond donors (Lipinski definition) is 0. The minimum atomic E-state index is -0.0797. The molecule has 2 saturated heterocycles. The Morgan fingerprint density at radius 2 is 1.45 bits per heavy atom. The fourth-order valence-electron chi connectivity index (χ4n) is 8.13. The molecule has 6 aliphatic rings. The fraction of sp³-hybridized carbons (Fsp3) is 0.704. The molecule has 0 radical (unpaired) electrons. The largest absolute Gasteiger partial charge is 0.293 e. The second-order valence-corrected chi connectivity index (χ2v) is 12.2. The van der Waals surface area contributed by atoms with Gasteiger partial charge in [-0.1, -0.05) is 50.7 Å². The summed E-state index contributed by atoms with van der Waals surface area (Å²) in [4.78, 5) is 12.0. The third kappa shape index (κ3) is 3.31. The number of anilines is 1. The van der Waals surface area contributed by atoms with E-state index in [4.69, 9.17) is 17.2 Å². The Balaban J connectivity index is 1.47. The Hall–Kier alpha value is -1.26. The molecule has 4 heteroatoms. The van der Waals surface area contributed by atoms with Crippen LogP contribution in [0, 0.1) is 23.2 Å². The van der Waals surface area contributed by atoms with E-state index in [1.54, 1.807) is 0 Å². The van der Waals surface area contributed by atoms with Crippen molar-refractivity contribution < 1.29 is 0 Å². The van der Waals surface area contributed by atoms with Gasteiger partial charge >= 0.3 is 0 Å². The van der Waals surface area contributed by atoms with Crippen LogP contribution in [-0.4, -0.2) is 40.4 Å². The van der Waals surface area contributed by atoms with E-state index < -0.39 is 0 Å². The third-order valence-electron chi connectivity index (χ3n) is 9.04. The maximum absolute atomic E-state index is 6.21. The lowest BCUT2D eigenvalue weighted by Gasteiger charge is -2.55. The summed E-state index contributed by atoms with van der Waals surface area (Å²) in [7, 11) is 0. The lowest BCUT2D eigenvalue weighted by atomic mass is 9.53. The zero-order chi connectivity index (χ0) is 21.2. The van der Waals surface area contributed by atoms with Crippen molar-refractivity contribution in [3.63, 3.8) is 0 Å². The number of piperidine rings is 1. The van der Waals surface area contributed by atoms with Crippen LogP contribution in [0.5, 0.6) is 0 Å². The lowest BCUT2D eigenvalue weighted by molar-refractivity contribution is 0.00114. The van der Waals surface area contributed by atoms with Gasteiger partial charge in [-0.3, -0.25) is 14.8 Å². The molecule has 4 bridgehead atoms. The molecule has 31 heavy (non-hydrogen) atoms. The SMILES string of the molecule is CC1(C)C(=S)N(c2ccccc2)C(=NC23CC4CC(CC(C4)C2)C3)C1N1CCCCC1. The van der Waals surface area contributed by atoms with Crippen LogP contribution in [0.3, 0.4) is 0 Å². The van der Waals surface area contributed by atoms with Crippen LogP contribution in [0.4, 0.5) is 5.69 Å². The molecule has 4 saturated carbocycles. The van der Waals surface area contributed by atoms with Gasteiger partial charge in [0.2, 0.25) is 0 Å². The molecule has 6 fully saturated rings. The van der Waals surface area contributed by atoms with Gasteiger partial charge in [0.15, 0.2) is 0 Å². The molecule has 2 aliphatic heterocycles. The molecule has 7 rings (SSSR count). The topological polar surface area (TPSA) is 18.8 Å². The van der Waals surface area contributed by atoms with Crippen molar-refractivity contribution in [2.75, 3.05) is 18.0 Å². The minimum absolute atomic E-state index is 0.0797. The van der Waals surface area contributed by atoms with E-state index in [2.05, 4.69) is 54.0 Å². The van der Waals surface area contributed by atoms with Crippen molar-refractivity contribution >= 4 is 28.7 Å². The van der Waals surface area contributed by atoms with Crippen LogP contribution >= 0.6 is 12.2 Å². The average molecular weight is 436 g/mol. The molecular formula is C27H37N3S. The molecule has 0 amide bonds. The number of thiocarbonyl (C=S) groups is 1. The van der Waals surface area contributed by atoms with Gasteiger partial charge in [-0.25, -0.2) is 0 Å². The number of nitrogens with zero attached hydrogens (tertiary/aromatic N) is 3. The first-order chi connectivity index (χ1) is 15.0. The fourth-order valence-corrected chi connectivity index (χ4v) is 8.44. The Bertz CT molecular complexity index is 848. The van der Waals surface area contributed by atoms with Gasteiger partial charge in [0.1, 0.15) is 5.84 Å². The summed E-state index contributed by atoms with van der Waals surface area (Å²) in [5.41, 5.74) is 1.29. The number of benzene rings is 1. The molecule has 1 aromatic rings. The smallest absolute Gasteiger partial charge is 0.127 e. The van der Waals surface area contributed by atoms with Crippen molar-refractivity contribution in [1.82, 2.24) is 4.90 Å². The summed E-state index contributed by atoms with van der Waals surface area (Å²) >= 11 is 6.21. The van der Waals surface area contributed by atoms with Crippen LogP contribution in [0.2, 0.25) is 0 Å². The molecule has 3 nitrogen and oxygen atoms in total. The van der Waals surface area contributed by atoms with Crippen LogP contribution in [0.1, 0.15) is 71.6 Å². The number of para-hydroxylation sites is 1. The second kappa shape index (κ2) is 7.38. The van der Waals surface area contributed by atoms with E-state index >= 15 is 0 Å². The van der Waals surface area contributed by atoms with E-state index in [0.29, 0.717) is 6.04 Å². The molecule has 1 aromatic carbocycles. The minimum Gasteiger partial charge on any atom is -0.293 e. The maximum atomic E-state index is 6.21. The molecule has 2 heterocycles. The first kappa shape index (κ1) is 20.4. The molecular weight excluding hydrogens is 398 g/mol. The molecule has 0 N–H and O–H groups in total. The molecule has 0 aromatic heterocycles. The van der Waals surface area contributed by atoms with Gasteiger partial charge in [-0.15, -0.1) is 0 Å². The van der Waals surface area contributed by atoms with Gasteiger partial charge in [0.05, 0.1) is 16.6 Å². The Morgan fingerprint density at radius 1 is 0.871 bits per heavy atom. The predicted octanol–water partition coefficient (Wildman–Crippen LogP) is 6.08. The standard InChI is InChI=1S/C27H37N3S/c1-26(2)23(29-11-7-4-8-12-29)24(30(25(26)31)22-9-5-3-6-10-22)28-27-16-19-13-20(17-27)15-21(14-19)18-27/h3,5-6,9-10,19-21,23H,4,7-8,11-18H2,1-2H3. The summed E-state index contributed by atoms with van der Waals surface area (Å²) in [5.74, 6) is 4.01. The summed E-state index contributed by atoms with van der Waals surface area (Å²) in [6.07, 6.45) is 12.3. The predicted molar refractivity (Wildman–Crippen MR) is 133 cm³/mol. The van der Waals surface area contributed by atoms with Gasteiger partial charge in [-0.05, 0) is 94.3 Å². The van der Waals surface area contributed by atoms with Gasteiger partial charge in [0, 0.05) is 11.1 Å². The third-order valence-corrected chi connectivity index (χ3v) is 9.75. The summed E-state index contributed by atoms with van der Waals surface area (Å²) in [6, 6.07) is 11.1. The van der Waals surface area contributed by atoms with E-state index in [-0.39, 0.29) is 11.0 Å². The Labute approximate surface area is 193 Å². The summed E-state index contributed by atoms with van der Waals surface area (Å²) in [6.45, 7) is 7.10. The van der Waals surface area contributed by atoms with Crippen molar-refractivity contribution in [1.29, 1.82) is 0 Å². The monoisotopic (exact) mass is 435 g/mol. The zero-order valence-corrected chi connectivity index (χ0v) is 20.0.